The van der Waals surface area contributed by atoms with Crippen LogP contribution >= 0.6 is 0 Å². The molecule has 0 atom stereocenters. The zero-order chi connectivity index (χ0) is 29.2. The molecule has 11 heteroatoms. The molecule has 3 fully saturated rings. The van der Waals surface area contributed by atoms with E-state index in [9.17, 15) is 13.2 Å². The van der Waals surface area contributed by atoms with Gasteiger partial charge in [0.15, 0.2) is 0 Å². The van der Waals surface area contributed by atoms with Gasteiger partial charge < -0.3 is 15.4 Å². The second-order valence-electron chi connectivity index (χ2n) is 12.3. The first-order valence-corrected chi connectivity index (χ1v) is 16.9. The summed E-state index contributed by atoms with van der Waals surface area (Å²) in [6, 6.07) is 8.44. The van der Waals surface area contributed by atoms with E-state index in [1.165, 1.54) is 25.7 Å². The number of fused-ring (bicyclic) bond motifs is 1. The smallest absolute Gasteiger partial charge is 0.252 e. The zero-order valence-corrected chi connectivity index (χ0v) is 25.2. The topological polar surface area (TPSA) is 127 Å². The average Bonchev–Trinajstić information content (AvgIpc) is 3.52. The third-order valence-corrected chi connectivity index (χ3v) is 11.0. The van der Waals surface area contributed by atoms with Crippen molar-refractivity contribution in [3.05, 3.63) is 52.4 Å². The predicted octanol–water partition coefficient (Wildman–Crippen LogP) is 4.57. The Kier molecular flexibility index (Phi) is 8.63. The molecule has 42 heavy (non-hydrogen) atoms. The predicted molar refractivity (Wildman–Crippen MR) is 164 cm³/mol. The Morgan fingerprint density at radius 2 is 1.81 bits per heavy atom. The molecule has 2 aromatic heterocycles. The summed E-state index contributed by atoms with van der Waals surface area (Å²) in [6.07, 6.45) is 13.1. The minimum absolute atomic E-state index is 0.0490. The van der Waals surface area contributed by atoms with Gasteiger partial charge in [0.2, 0.25) is 16.0 Å². The molecule has 2 saturated carbocycles. The van der Waals surface area contributed by atoms with Crippen LogP contribution in [-0.4, -0.2) is 55.3 Å². The van der Waals surface area contributed by atoms with Gasteiger partial charge in [0.1, 0.15) is 5.65 Å². The molecule has 1 spiro atoms. The third kappa shape index (κ3) is 6.39. The summed E-state index contributed by atoms with van der Waals surface area (Å²) < 4.78 is 36.5. The zero-order valence-electron chi connectivity index (χ0n) is 24.4. The van der Waals surface area contributed by atoms with E-state index in [4.69, 9.17) is 9.72 Å². The molecule has 3 aromatic rings. The SMILES string of the molecule is Cc1cc(S(=O)(=O)NCCOC2CCC3(CCNCC3)CC2)ccc1Nc1ncc2ccc(=O)n(C3CCCC3)c2n1. The summed E-state index contributed by atoms with van der Waals surface area (Å²) in [6.45, 7) is 4.68. The van der Waals surface area contributed by atoms with Gasteiger partial charge in [0.25, 0.3) is 5.56 Å². The monoisotopic (exact) mass is 594 g/mol. The van der Waals surface area contributed by atoms with Crippen molar-refractivity contribution in [2.24, 2.45) is 5.41 Å². The van der Waals surface area contributed by atoms with E-state index in [1.54, 1.807) is 41.1 Å². The largest absolute Gasteiger partial charge is 0.377 e. The first-order chi connectivity index (χ1) is 20.3. The number of aryl methyl sites for hydroxylation is 1. The van der Waals surface area contributed by atoms with E-state index in [0.717, 1.165) is 62.6 Å². The number of sulfonamides is 1. The number of hydrogen-bond donors (Lipinski definition) is 3. The van der Waals surface area contributed by atoms with Crippen molar-refractivity contribution in [2.75, 3.05) is 31.6 Å². The molecule has 0 bridgehead atoms. The minimum atomic E-state index is -3.68. The molecule has 6 rings (SSSR count). The second-order valence-corrected chi connectivity index (χ2v) is 14.0. The van der Waals surface area contributed by atoms with Crippen molar-refractivity contribution in [3.8, 4) is 0 Å². The number of hydrogen-bond acceptors (Lipinski definition) is 8. The van der Waals surface area contributed by atoms with Gasteiger partial charge in [-0.25, -0.2) is 18.1 Å². The van der Waals surface area contributed by atoms with Gasteiger partial charge in [-0.1, -0.05) is 12.8 Å². The molecular formula is C31H42N6O4S. The molecule has 1 saturated heterocycles. The van der Waals surface area contributed by atoms with Crippen LogP contribution in [0.4, 0.5) is 11.6 Å². The van der Waals surface area contributed by atoms with Crippen LogP contribution in [0.25, 0.3) is 11.0 Å². The Labute approximate surface area is 247 Å². The van der Waals surface area contributed by atoms with Crippen LogP contribution in [-0.2, 0) is 14.8 Å². The lowest BCUT2D eigenvalue weighted by Gasteiger charge is -2.43. The van der Waals surface area contributed by atoms with Gasteiger partial charge in [0.05, 0.1) is 17.6 Å². The normalized spacial score (nSPS) is 19.9. The first-order valence-electron chi connectivity index (χ1n) is 15.4. The number of pyridine rings is 1. The highest BCUT2D eigenvalue weighted by atomic mass is 32.2. The number of aromatic nitrogens is 3. The Hall–Kier alpha value is -2.86. The number of rotatable bonds is 9. The summed E-state index contributed by atoms with van der Waals surface area (Å²) in [5.41, 5.74) is 2.50. The van der Waals surface area contributed by atoms with E-state index in [2.05, 4.69) is 20.3 Å². The van der Waals surface area contributed by atoms with Crippen molar-refractivity contribution < 1.29 is 13.2 Å². The molecule has 3 heterocycles. The third-order valence-electron chi connectivity index (χ3n) is 9.52. The van der Waals surface area contributed by atoms with Crippen molar-refractivity contribution in [2.45, 2.75) is 88.2 Å². The molecule has 1 aromatic carbocycles. The van der Waals surface area contributed by atoms with Crippen LogP contribution in [0.15, 0.2) is 46.2 Å². The lowest BCUT2D eigenvalue weighted by Crippen LogP contribution is -2.40. The number of ether oxygens (including phenoxy) is 1. The molecule has 1 aliphatic heterocycles. The van der Waals surface area contributed by atoms with Gasteiger partial charge in [-0.3, -0.25) is 9.36 Å². The van der Waals surface area contributed by atoms with Gasteiger partial charge >= 0.3 is 0 Å². The molecule has 2 aliphatic carbocycles. The summed E-state index contributed by atoms with van der Waals surface area (Å²) in [7, 11) is -3.68. The molecule has 3 aliphatic rings. The molecule has 10 nitrogen and oxygen atoms in total. The average molecular weight is 595 g/mol. The number of anilines is 2. The quantitative estimate of drug-likeness (QED) is 0.308. The summed E-state index contributed by atoms with van der Waals surface area (Å²) >= 11 is 0. The van der Waals surface area contributed by atoms with E-state index >= 15 is 0 Å². The van der Waals surface area contributed by atoms with Gasteiger partial charge in [-0.2, -0.15) is 4.98 Å². The van der Waals surface area contributed by atoms with Crippen molar-refractivity contribution >= 4 is 32.7 Å². The molecule has 0 unspecified atom stereocenters. The maximum absolute atomic E-state index is 13.0. The fourth-order valence-corrected chi connectivity index (χ4v) is 8.09. The molecule has 3 N–H and O–H groups in total. The van der Waals surface area contributed by atoms with Crippen LogP contribution in [0.2, 0.25) is 0 Å². The maximum Gasteiger partial charge on any atom is 0.252 e. The van der Waals surface area contributed by atoms with Crippen LogP contribution in [0, 0.1) is 12.3 Å². The van der Waals surface area contributed by atoms with Crippen molar-refractivity contribution in [3.63, 3.8) is 0 Å². The highest BCUT2D eigenvalue weighted by Crippen LogP contribution is 2.43. The molecule has 0 amide bonds. The molecular weight excluding hydrogens is 552 g/mol. The minimum Gasteiger partial charge on any atom is -0.377 e. The highest BCUT2D eigenvalue weighted by molar-refractivity contribution is 7.89. The fraction of sp³-hybridized carbons (Fsp3) is 0.581. The Bertz CT molecular complexity index is 1570. The molecule has 0 radical (unpaired) electrons. The maximum atomic E-state index is 13.0. The lowest BCUT2D eigenvalue weighted by atomic mass is 9.68. The summed E-state index contributed by atoms with van der Waals surface area (Å²) in [5, 5.41) is 7.48. The Balaban J connectivity index is 1.05. The first kappa shape index (κ1) is 29.2. The Morgan fingerprint density at radius 3 is 2.55 bits per heavy atom. The number of nitrogens with zero attached hydrogens (tertiary/aromatic N) is 3. The van der Waals surface area contributed by atoms with Gasteiger partial charge in [0, 0.05) is 35.9 Å². The summed E-state index contributed by atoms with van der Waals surface area (Å²) in [4.78, 5) is 22.1. The van der Waals surface area contributed by atoms with Gasteiger partial charge in [-0.05, 0) is 107 Å². The van der Waals surface area contributed by atoms with Crippen molar-refractivity contribution in [1.82, 2.24) is 24.6 Å². The number of benzene rings is 1. The van der Waals surface area contributed by atoms with Crippen LogP contribution < -0.4 is 20.9 Å². The number of nitrogens with one attached hydrogen (secondary N) is 3. The van der Waals surface area contributed by atoms with E-state index in [0.29, 0.717) is 29.3 Å². The van der Waals surface area contributed by atoms with E-state index in [-0.39, 0.29) is 29.1 Å². The molecule has 226 valence electrons. The standard InChI is InChI=1S/C31H42N6O4S/c1-22-20-26(42(39,40)34-18-19-41-25-10-12-31(13-11-25)14-16-32-17-15-31)7-8-27(22)35-30-33-21-23-6-9-28(38)37(29(23)36-30)24-4-2-3-5-24/h6-9,20-21,24-25,32,34H,2-5,10-19H2,1H3,(H,33,35,36). The van der Waals surface area contributed by atoms with Crippen LogP contribution in [0.5, 0.6) is 0 Å². The highest BCUT2D eigenvalue weighted by Gasteiger charge is 2.36. The Morgan fingerprint density at radius 1 is 1.05 bits per heavy atom. The van der Waals surface area contributed by atoms with Crippen molar-refractivity contribution in [1.29, 1.82) is 0 Å². The fourth-order valence-electron chi connectivity index (χ4n) is 6.99. The second kappa shape index (κ2) is 12.4. The summed E-state index contributed by atoms with van der Waals surface area (Å²) in [5.74, 6) is 0.364. The van der Waals surface area contributed by atoms with Crippen LogP contribution in [0.3, 0.4) is 0 Å². The van der Waals surface area contributed by atoms with Crippen LogP contribution in [0.1, 0.15) is 75.8 Å². The van der Waals surface area contributed by atoms with E-state index < -0.39 is 10.0 Å². The lowest BCUT2D eigenvalue weighted by molar-refractivity contribution is -0.00946. The number of piperidine rings is 1. The van der Waals surface area contributed by atoms with E-state index in [1.807, 2.05) is 6.92 Å². The van der Waals surface area contributed by atoms with Gasteiger partial charge in [-0.15, -0.1) is 0 Å².